The number of alkyl halides is 3. The van der Waals surface area contributed by atoms with Crippen LogP contribution in [0.3, 0.4) is 0 Å². The van der Waals surface area contributed by atoms with E-state index in [-0.39, 0.29) is 11.0 Å². The summed E-state index contributed by atoms with van der Waals surface area (Å²) in [5.41, 5.74) is 1.32. The molecular formula is C23H22F3N9OS. The maximum atomic E-state index is 12.9. The number of aromatic amines is 1. The Hall–Kier alpha value is -3.83. The van der Waals surface area contributed by atoms with Gasteiger partial charge in [0.2, 0.25) is 0 Å². The molecule has 0 unspecified atom stereocenters. The van der Waals surface area contributed by atoms with Crippen molar-refractivity contribution in [1.82, 2.24) is 39.5 Å². The van der Waals surface area contributed by atoms with Crippen LogP contribution in [0.5, 0.6) is 0 Å². The van der Waals surface area contributed by atoms with E-state index in [1.54, 1.807) is 12.4 Å². The standard InChI is InChI=1S/C23H22F3N9OS/c24-23(25,26)18-13-37-21(32-18)22(36)34-8-6-33(7-9-34)16(2-1-4-27)12-35-11-15(10-31-35)19-17-3-5-28-20(17)30-14-29-19/h3,5,10-11,13-14,16H,1-2,6-9,12H2,(H,28,29,30)/t16-/m1/s1. The van der Waals surface area contributed by atoms with Gasteiger partial charge in [-0.25, -0.2) is 15.0 Å². The zero-order valence-corrected chi connectivity index (χ0v) is 20.3. The second kappa shape index (κ2) is 10.3. The number of aromatic nitrogens is 6. The highest BCUT2D eigenvalue weighted by molar-refractivity contribution is 7.11. The van der Waals surface area contributed by atoms with Crippen molar-refractivity contribution in [3.8, 4) is 17.3 Å². The van der Waals surface area contributed by atoms with Gasteiger partial charge in [0, 0.05) is 67.4 Å². The molecule has 1 N–H and O–H groups in total. The number of halogens is 3. The molecule has 4 aromatic rings. The average Bonchev–Trinajstić information content (AvgIpc) is 3.66. The molecule has 1 fully saturated rings. The van der Waals surface area contributed by atoms with Gasteiger partial charge in [-0.1, -0.05) is 0 Å². The number of amides is 1. The minimum Gasteiger partial charge on any atom is -0.346 e. The normalized spacial score (nSPS) is 15.7. The lowest BCUT2D eigenvalue weighted by Gasteiger charge is -2.39. The molecule has 0 radical (unpaired) electrons. The van der Waals surface area contributed by atoms with Crippen LogP contribution in [0.2, 0.25) is 0 Å². The number of hydrogen-bond acceptors (Lipinski definition) is 8. The number of carbonyl (C=O) groups is 1. The summed E-state index contributed by atoms with van der Waals surface area (Å²) in [6.45, 7) is 2.32. The molecule has 1 amide bonds. The van der Waals surface area contributed by atoms with Crippen molar-refractivity contribution >= 4 is 28.3 Å². The Morgan fingerprint density at radius 2 is 2.05 bits per heavy atom. The first-order valence-corrected chi connectivity index (χ1v) is 12.5. The topological polar surface area (TPSA) is 120 Å². The SMILES string of the molecule is N#CCC[C@H](Cn1cc(-c2ncnc3[nH]ccc23)cn1)N1CCN(C(=O)c2nc(C(F)(F)F)cs2)CC1. The second-order valence-corrected chi connectivity index (χ2v) is 9.49. The number of rotatable bonds is 7. The minimum absolute atomic E-state index is 0.000904. The van der Waals surface area contributed by atoms with E-state index in [4.69, 9.17) is 5.26 Å². The van der Waals surface area contributed by atoms with Crippen molar-refractivity contribution in [2.75, 3.05) is 26.2 Å². The monoisotopic (exact) mass is 529 g/mol. The number of nitriles is 1. The van der Waals surface area contributed by atoms with Gasteiger partial charge in [0.25, 0.3) is 5.91 Å². The first kappa shape index (κ1) is 24.8. The smallest absolute Gasteiger partial charge is 0.346 e. The van der Waals surface area contributed by atoms with Gasteiger partial charge in [0.05, 0.1) is 24.5 Å². The molecule has 0 spiro atoms. The first-order chi connectivity index (χ1) is 17.8. The van der Waals surface area contributed by atoms with Crippen LogP contribution >= 0.6 is 11.3 Å². The summed E-state index contributed by atoms with van der Waals surface area (Å²) in [4.78, 5) is 31.6. The number of H-pyrrole nitrogens is 1. The highest BCUT2D eigenvalue weighted by Crippen LogP contribution is 2.30. The van der Waals surface area contributed by atoms with Gasteiger partial charge in [-0.3, -0.25) is 14.4 Å². The minimum atomic E-state index is -4.57. The number of nitrogens with one attached hydrogen (secondary N) is 1. The van der Waals surface area contributed by atoms with Crippen LogP contribution in [-0.4, -0.2) is 77.6 Å². The van der Waals surface area contributed by atoms with E-state index in [0.29, 0.717) is 56.9 Å². The molecule has 0 aliphatic carbocycles. The second-order valence-electron chi connectivity index (χ2n) is 8.63. The highest BCUT2D eigenvalue weighted by atomic mass is 32.1. The summed E-state index contributed by atoms with van der Waals surface area (Å²) in [6.07, 6.45) is 3.38. The number of piperazine rings is 1. The third-order valence-corrected chi connectivity index (χ3v) is 7.17. The van der Waals surface area contributed by atoms with E-state index in [1.807, 2.05) is 16.9 Å². The van der Waals surface area contributed by atoms with Gasteiger partial charge in [-0.05, 0) is 12.5 Å². The van der Waals surface area contributed by atoms with Crippen LogP contribution in [0.25, 0.3) is 22.3 Å². The molecule has 1 atom stereocenters. The van der Waals surface area contributed by atoms with E-state index in [2.05, 4.69) is 36.0 Å². The molecule has 0 aromatic carbocycles. The van der Waals surface area contributed by atoms with E-state index in [1.165, 1.54) is 11.2 Å². The van der Waals surface area contributed by atoms with Gasteiger partial charge in [0.15, 0.2) is 10.7 Å². The zero-order chi connectivity index (χ0) is 26.0. The molecule has 37 heavy (non-hydrogen) atoms. The quantitative estimate of drug-likeness (QED) is 0.390. The number of hydrogen-bond donors (Lipinski definition) is 1. The molecule has 5 heterocycles. The summed E-state index contributed by atoms with van der Waals surface area (Å²) in [5.74, 6) is -0.494. The van der Waals surface area contributed by atoms with E-state index in [0.717, 1.165) is 27.7 Å². The fraction of sp³-hybridized carbons (Fsp3) is 0.391. The lowest BCUT2D eigenvalue weighted by molar-refractivity contribution is -0.140. The van der Waals surface area contributed by atoms with Crippen molar-refractivity contribution in [3.63, 3.8) is 0 Å². The number of carbonyl (C=O) groups excluding carboxylic acids is 1. The molecule has 10 nitrogen and oxygen atoms in total. The third kappa shape index (κ3) is 5.32. The van der Waals surface area contributed by atoms with E-state index < -0.39 is 17.8 Å². The third-order valence-electron chi connectivity index (χ3n) is 6.34. The van der Waals surface area contributed by atoms with Gasteiger partial charge >= 0.3 is 6.18 Å². The predicted molar refractivity (Wildman–Crippen MR) is 128 cm³/mol. The zero-order valence-electron chi connectivity index (χ0n) is 19.5. The van der Waals surface area contributed by atoms with Crippen molar-refractivity contribution in [2.45, 2.75) is 31.6 Å². The van der Waals surface area contributed by atoms with E-state index in [9.17, 15) is 18.0 Å². The lowest BCUT2D eigenvalue weighted by atomic mass is 10.1. The molecule has 1 aliphatic rings. The fourth-order valence-electron chi connectivity index (χ4n) is 4.45. The molecule has 0 bridgehead atoms. The maximum Gasteiger partial charge on any atom is 0.434 e. The molecule has 4 aromatic heterocycles. The van der Waals surface area contributed by atoms with Crippen LogP contribution in [0.4, 0.5) is 13.2 Å². The highest BCUT2D eigenvalue weighted by Gasteiger charge is 2.35. The molecule has 1 aliphatic heterocycles. The van der Waals surface area contributed by atoms with Crippen molar-refractivity contribution in [2.24, 2.45) is 0 Å². The predicted octanol–water partition coefficient (Wildman–Crippen LogP) is 3.43. The molecular weight excluding hydrogens is 507 g/mol. The van der Waals surface area contributed by atoms with Crippen molar-refractivity contribution in [3.05, 3.63) is 47.1 Å². The van der Waals surface area contributed by atoms with Gasteiger partial charge in [-0.2, -0.15) is 23.5 Å². The number of nitrogens with zero attached hydrogens (tertiary/aromatic N) is 8. The van der Waals surface area contributed by atoms with E-state index >= 15 is 0 Å². The van der Waals surface area contributed by atoms with Crippen LogP contribution in [0.1, 0.15) is 28.3 Å². The average molecular weight is 530 g/mol. The van der Waals surface area contributed by atoms with Crippen LogP contribution in [0.15, 0.2) is 36.4 Å². The molecule has 1 saturated heterocycles. The van der Waals surface area contributed by atoms with Crippen molar-refractivity contribution < 1.29 is 18.0 Å². The molecule has 14 heteroatoms. The molecule has 0 saturated carbocycles. The Balaban J connectivity index is 1.24. The fourth-order valence-corrected chi connectivity index (χ4v) is 5.24. The summed E-state index contributed by atoms with van der Waals surface area (Å²) in [7, 11) is 0. The van der Waals surface area contributed by atoms with Crippen molar-refractivity contribution in [1.29, 1.82) is 5.26 Å². The first-order valence-electron chi connectivity index (χ1n) is 11.6. The Labute approximate surface area is 213 Å². The summed E-state index contributed by atoms with van der Waals surface area (Å²) in [6, 6.07) is 4.10. The van der Waals surface area contributed by atoms with Gasteiger partial charge in [-0.15, -0.1) is 11.3 Å². The largest absolute Gasteiger partial charge is 0.434 e. The lowest BCUT2D eigenvalue weighted by Crippen LogP contribution is -2.53. The summed E-state index contributed by atoms with van der Waals surface area (Å²) >= 11 is 0.705. The Kier molecular flexibility index (Phi) is 6.90. The van der Waals surface area contributed by atoms with Gasteiger partial charge in [0.1, 0.15) is 12.0 Å². The van der Waals surface area contributed by atoms with Crippen LogP contribution < -0.4 is 0 Å². The Bertz CT molecular complexity index is 1430. The maximum absolute atomic E-state index is 12.9. The van der Waals surface area contributed by atoms with Crippen LogP contribution in [0, 0.1) is 11.3 Å². The summed E-state index contributed by atoms with van der Waals surface area (Å²) < 4.78 is 40.4. The number of thiazole rings is 1. The molecule has 192 valence electrons. The van der Waals surface area contributed by atoms with Crippen LogP contribution in [-0.2, 0) is 12.7 Å². The summed E-state index contributed by atoms with van der Waals surface area (Å²) in [5, 5.41) is 15.3. The molecule has 5 rings (SSSR count). The van der Waals surface area contributed by atoms with Gasteiger partial charge < -0.3 is 9.88 Å². The number of fused-ring (bicyclic) bond motifs is 1. The Morgan fingerprint density at radius 1 is 1.24 bits per heavy atom. The Morgan fingerprint density at radius 3 is 2.78 bits per heavy atom.